The molecule has 0 aliphatic carbocycles. The second-order valence-corrected chi connectivity index (χ2v) is 12.5. The Kier molecular flexibility index (Phi) is 5.87. The average Bonchev–Trinajstić information content (AvgIpc) is 2.07. The largest absolute Gasteiger partial charge is 0.338 e. The summed E-state index contributed by atoms with van der Waals surface area (Å²) < 4.78 is 0. The normalized spacial score (nSPS) is 10.0. The maximum atomic E-state index is 5.20. The number of hydrogen-bond donors (Lipinski definition) is 0. The van der Waals surface area contributed by atoms with Crippen LogP contribution in [0.5, 0.6) is 0 Å². The number of thiophene rings is 1. The van der Waals surface area contributed by atoms with Crippen LogP contribution in [0, 0.1) is 0 Å². The first kappa shape index (κ1) is 10.8. The second-order valence-electron chi connectivity index (χ2n) is 1.57. The van der Waals surface area contributed by atoms with E-state index in [0.29, 0.717) is 0 Å². The van der Waals surface area contributed by atoms with E-state index in [4.69, 9.17) is 33.2 Å². The van der Waals surface area contributed by atoms with Crippen LogP contribution in [0.3, 0.4) is 0 Å². The van der Waals surface area contributed by atoms with E-state index in [1.165, 1.54) is 0 Å². The monoisotopic (exact) mass is 232 g/mol. The molecule has 5 heteroatoms. The fourth-order valence-electron chi connectivity index (χ4n) is 0.227. The van der Waals surface area contributed by atoms with Crippen molar-refractivity contribution in [3.05, 3.63) is 22.9 Å². The third-order valence-electron chi connectivity index (χ3n) is 0.425. The molecule has 1 aromatic rings. The van der Waals surface area contributed by atoms with Gasteiger partial charge in [0.05, 0.1) is 0 Å². The molecule has 0 fully saturated rings. The molecule has 0 bridgehead atoms. The summed E-state index contributed by atoms with van der Waals surface area (Å²) in [5, 5.41) is 4.08. The SMILES string of the molecule is C[Si](Cl)(Cl)Cl.c1ccsc1. The van der Waals surface area contributed by atoms with E-state index < -0.39 is 6.00 Å². The number of hydrogen-bond acceptors (Lipinski definition) is 1. The Labute approximate surface area is 79.8 Å². The lowest BCUT2D eigenvalue weighted by atomic mass is 10.7. The third kappa shape index (κ3) is 15.9. The van der Waals surface area contributed by atoms with Crippen LogP contribution in [-0.4, -0.2) is 6.00 Å². The Balaban J connectivity index is 0.000000162. The zero-order valence-electron chi connectivity index (χ0n) is 5.35. The van der Waals surface area contributed by atoms with Crippen LogP contribution in [0.25, 0.3) is 0 Å². The minimum absolute atomic E-state index is 1.62. The fraction of sp³-hybridized carbons (Fsp3) is 0.200. The fourth-order valence-corrected chi connectivity index (χ4v) is 0.680. The third-order valence-corrected chi connectivity index (χ3v) is 1.05. The Morgan fingerprint density at radius 1 is 1.10 bits per heavy atom. The Morgan fingerprint density at radius 2 is 1.40 bits per heavy atom. The van der Waals surface area contributed by atoms with E-state index >= 15 is 0 Å². The highest BCUT2D eigenvalue weighted by molar-refractivity contribution is 7.64. The molecule has 0 saturated heterocycles. The van der Waals surface area contributed by atoms with Crippen molar-refractivity contribution in [1.82, 2.24) is 0 Å². The highest BCUT2D eigenvalue weighted by atomic mass is 35.8. The van der Waals surface area contributed by atoms with E-state index in [1.807, 2.05) is 22.9 Å². The van der Waals surface area contributed by atoms with Crippen LogP contribution in [-0.2, 0) is 0 Å². The van der Waals surface area contributed by atoms with Crippen LogP contribution >= 0.6 is 44.6 Å². The first-order valence-corrected chi connectivity index (χ1v) is 9.02. The van der Waals surface area contributed by atoms with E-state index in [0.717, 1.165) is 0 Å². The van der Waals surface area contributed by atoms with E-state index in [1.54, 1.807) is 17.9 Å². The minimum Gasteiger partial charge on any atom is -0.152 e. The molecule has 1 aromatic heterocycles. The lowest BCUT2D eigenvalue weighted by Gasteiger charge is -1.89. The van der Waals surface area contributed by atoms with Crippen molar-refractivity contribution in [2.45, 2.75) is 6.55 Å². The van der Waals surface area contributed by atoms with Gasteiger partial charge in [-0.25, -0.2) is 0 Å². The summed E-state index contributed by atoms with van der Waals surface area (Å²) in [6.07, 6.45) is 0. The van der Waals surface area contributed by atoms with Gasteiger partial charge in [-0.3, -0.25) is 0 Å². The van der Waals surface area contributed by atoms with Gasteiger partial charge < -0.3 is 0 Å². The molecule has 0 atom stereocenters. The molecule has 1 heterocycles. The van der Waals surface area contributed by atoms with E-state index in [2.05, 4.69) is 0 Å². The molecule has 1 rings (SSSR count). The summed E-state index contributed by atoms with van der Waals surface area (Å²) in [5.41, 5.74) is 0. The lowest BCUT2D eigenvalue weighted by molar-refractivity contribution is 2.03. The van der Waals surface area contributed by atoms with Crippen molar-refractivity contribution in [1.29, 1.82) is 0 Å². The maximum absolute atomic E-state index is 5.20. The van der Waals surface area contributed by atoms with Crippen LogP contribution in [0.15, 0.2) is 22.9 Å². The first-order chi connectivity index (χ1) is 4.50. The molecule has 0 saturated carbocycles. The van der Waals surface area contributed by atoms with Gasteiger partial charge in [-0.15, -0.1) is 33.2 Å². The van der Waals surface area contributed by atoms with Gasteiger partial charge in [0.25, 0.3) is 0 Å². The van der Waals surface area contributed by atoms with Crippen molar-refractivity contribution in [2.75, 3.05) is 0 Å². The van der Waals surface area contributed by atoms with Gasteiger partial charge in [0.2, 0.25) is 0 Å². The molecule has 0 aliphatic heterocycles. The molecule has 0 spiro atoms. The maximum Gasteiger partial charge on any atom is 0.338 e. The Bertz CT molecular complexity index is 123. The minimum atomic E-state index is -2.19. The summed E-state index contributed by atoms with van der Waals surface area (Å²) in [4.78, 5) is 0. The van der Waals surface area contributed by atoms with E-state index in [-0.39, 0.29) is 0 Å². The van der Waals surface area contributed by atoms with E-state index in [9.17, 15) is 0 Å². The number of rotatable bonds is 0. The molecule has 0 nitrogen and oxygen atoms in total. The van der Waals surface area contributed by atoms with Crippen molar-refractivity contribution in [3.8, 4) is 0 Å². The zero-order valence-corrected chi connectivity index (χ0v) is 9.44. The summed E-state index contributed by atoms with van der Waals surface area (Å²) in [6.45, 7) is 1.62. The second kappa shape index (κ2) is 5.44. The lowest BCUT2D eigenvalue weighted by Crippen LogP contribution is -1.97. The molecule has 58 valence electrons. The first-order valence-electron chi connectivity index (χ1n) is 2.54. The van der Waals surface area contributed by atoms with Gasteiger partial charge in [-0.1, -0.05) is 12.1 Å². The molecule has 0 amide bonds. The molecule has 0 aromatic carbocycles. The van der Waals surface area contributed by atoms with Crippen LogP contribution in [0.2, 0.25) is 6.55 Å². The predicted molar refractivity (Wildman–Crippen MR) is 53.5 cm³/mol. The molecular weight excluding hydrogens is 227 g/mol. The predicted octanol–water partition coefficient (Wildman–Crippen LogP) is 4.02. The van der Waals surface area contributed by atoms with Gasteiger partial charge in [0, 0.05) is 0 Å². The van der Waals surface area contributed by atoms with Crippen LogP contribution in [0.4, 0.5) is 0 Å². The number of halogens is 3. The quantitative estimate of drug-likeness (QED) is 0.469. The molecule has 0 unspecified atom stereocenters. The van der Waals surface area contributed by atoms with Crippen molar-refractivity contribution < 1.29 is 0 Å². The molecular formula is C5H7Cl3SSi. The van der Waals surface area contributed by atoms with Crippen molar-refractivity contribution in [2.24, 2.45) is 0 Å². The Hall–Kier alpha value is 0.787. The topological polar surface area (TPSA) is 0 Å². The Morgan fingerprint density at radius 3 is 1.50 bits per heavy atom. The standard InChI is InChI=1S/C4H4S.CH3Cl3Si/c1-2-4-5-3-1;1-5(2,3)4/h1-4H;1H3. The molecule has 0 N–H and O–H groups in total. The average molecular weight is 234 g/mol. The van der Waals surface area contributed by atoms with Crippen molar-refractivity contribution >= 4 is 50.6 Å². The van der Waals surface area contributed by atoms with Gasteiger partial charge in [-0.2, -0.15) is 11.3 Å². The highest BCUT2D eigenvalue weighted by Crippen LogP contribution is 2.17. The van der Waals surface area contributed by atoms with Gasteiger partial charge >= 0.3 is 6.00 Å². The van der Waals surface area contributed by atoms with Gasteiger partial charge in [0.1, 0.15) is 0 Å². The van der Waals surface area contributed by atoms with Gasteiger partial charge in [-0.05, 0) is 17.3 Å². The van der Waals surface area contributed by atoms with Gasteiger partial charge in [0.15, 0.2) is 0 Å². The van der Waals surface area contributed by atoms with Crippen LogP contribution < -0.4 is 0 Å². The molecule has 10 heavy (non-hydrogen) atoms. The van der Waals surface area contributed by atoms with Crippen molar-refractivity contribution in [3.63, 3.8) is 0 Å². The molecule has 0 aliphatic rings. The summed E-state index contributed by atoms with van der Waals surface area (Å²) in [7, 11) is 0. The zero-order chi connectivity index (χ0) is 8.04. The smallest absolute Gasteiger partial charge is 0.152 e. The summed E-state index contributed by atoms with van der Waals surface area (Å²) >= 11 is 17.3. The summed E-state index contributed by atoms with van der Waals surface area (Å²) in [5.74, 6) is 0. The van der Waals surface area contributed by atoms with Crippen LogP contribution in [0.1, 0.15) is 0 Å². The molecule has 0 radical (unpaired) electrons. The highest BCUT2D eigenvalue weighted by Gasteiger charge is 2.13. The summed E-state index contributed by atoms with van der Waals surface area (Å²) in [6, 6.07) is 1.84.